The minimum atomic E-state index is -0.615. The summed E-state index contributed by atoms with van der Waals surface area (Å²) in [6.45, 7) is 1.60. The molecule has 0 aromatic carbocycles. The maximum Gasteiger partial charge on any atom is 0.254 e. The number of primary amides is 1. The molecule has 1 aromatic rings. The minimum Gasteiger partial charge on any atom is -0.365 e. The number of aromatic nitrogens is 2. The number of rotatable bonds is 3. The number of nitrogens with zero attached hydrogens (tertiary/aromatic N) is 1. The molecule has 1 fully saturated rings. The van der Waals surface area contributed by atoms with Crippen molar-refractivity contribution in [2.45, 2.75) is 12.8 Å². The largest absolute Gasteiger partial charge is 0.365 e. The Morgan fingerprint density at radius 1 is 1.53 bits per heavy atom. The fourth-order valence-electron chi connectivity index (χ4n) is 1.87. The average molecular weight is 237 g/mol. The van der Waals surface area contributed by atoms with Crippen LogP contribution in [0.5, 0.6) is 0 Å². The number of H-pyrrole nitrogens is 1. The van der Waals surface area contributed by atoms with Gasteiger partial charge in [-0.05, 0) is 19.4 Å². The summed E-state index contributed by atoms with van der Waals surface area (Å²) in [6.07, 6.45) is 3.12. The molecule has 1 atom stereocenters. The predicted molar refractivity (Wildman–Crippen MR) is 61.3 cm³/mol. The maximum absolute atomic E-state index is 11.9. The molecule has 1 saturated heterocycles. The Morgan fingerprint density at radius 3 is 3.00 bits per heavy atom. The van der Waals surface area contributed by atoms with Crippen molar-refractivity contribution in [2.75, 3.05) is 18.4 Å². The molecular formula is C10H15N5O2. The molecule has 17 heavy (non-hydrogen) atoms. The third kappa shape index (κ3) is 2.62. The van der Waals surface area contributed by atoms with Crippen LogP contribution in [-0.4, -0.2) is 35.1 Å². The molecule has 1 aromatic heterocycles. The zero-order chi connectivity index (χ0) is 12.3. The number of hydrogen-bond donors (Lipinski definition) is 4. The van der Waals surface area contributed by atoms with Gasteiger partial charge in [-0.3, -0.25) is 14.7 Å². The second-order valence-corrected chi connectivity index (χ2v) is 4.06. The Kier molecular flexibility index (Phi) is 3.38. The topological polar surface area (TPSA) is 113 Å². The zero-order valence-corrected chi connectivity index (χ0v) is 9.32. The van der Waals surface area contributed by atoms with E-state index in [0.29, 0.717) is 6.54 Å². The van der Waals surface area contributed by atoms with Crippen LogP contribution in [0.1, 0.15) is 23.2 Å². The second-order valence-electron chi connectivity index (χ2n) is 4.06. The molecule has 0 bridgehead atoms. The summed E-state index contributed by atoms with van der Waals surface area (Å²) in [5.74, 6) is -0.541. The summed E-state index contributed by atoms with van der Waals surface area (Å²) in [7, 11) is 0. The van der Waals surface area contributed by atoms with Gasteiger partial charge in [-0.1, -0.05) is 0 Å². The van der Waals surface area contributed by atoms with E-state index < -0.39 is 5.91 Å². The van der Waals surface area contributed by atoms with Gasteiger partial charge in [0.2, 0.25) is 5.91 Å². The van der Waals surface area contributed by atoms with Gasteiger partial charge in [-0.2, -0.15) is 5.10 Å². The molecule has 92 valence electrons. The first kappa shape index (κ1) is 11.6. The molecule has 1 aliphatic rings. The van der Waals surface area contributed by atoms with Gasteiger partial charge >= 0.3 is 0 Å². The lowest BCUT2D eigenvalue weighted by molar-refractivity contribution is -0.120. The highest BCUT2D eigenvalue weighted by Gasteiger charge is 2.22. The lowest BCUT2D eigenvalue weighted by atomic mass is 9.99. The van der Waals surface area contributed by atoms with E-state index in [1.165, 1.54) is 6.20 Å². The van der Waals surface area contributed by atoms with Crippen LogP contribution in [0, 0.1) is 5.92 Å². The van der Waals surface area contributed by atoms with Crippen molar-refractivity contribution in [3.05, 3.63) is 11.8 Å². The highest BCUT2D eigenvalue weighted by molar-refractivity contribution is 6.02. The average Bonchev–Trinajstić information content (AvgIpc) is 2.78. The van der Waals surface area contributed by atoms with Gasteiger partial charge < -0.3 is 16.4 Å². The van der Waals surface area contributed by atoms with E-state index in [2.05, 4.69) is 20.8 Å². The van der Waals surface area contributed by atoms with Crippen molar-refractivity contribution in [3.63, 3.8) is 0 Å². The van der Waals surface area contributed by atoms with Crippen molar-refractivity contribution < 1.29 is 9.59 Å². The van der Waals surface area contributed by atoms with Crippen LogP contribution in [0.15, 0.2) is 6.20 Å². The normalized spacial score (nSPS) is 19.9. The van der Waals surface area contributed by atoms with Crippen molar-refractivity contribution >= 4 is 17.6 Å². The lowest BCUT2D eigenvalue weighted by Crippen LogP contribution is -2.37. The van der Waals surface area contributed by atoms with Crippen LogP contribution in [0.2, 0.25) is 0 Å². The fourth-order valence-corrected chi connectivity index (χ4v) is 1.87. The molecule has 1 unspecified atom stereocenters. The number of amides is 2. The van der Waals surface area contributed by atoms with E-state index in [-0.39, 0.29) is 23.2 Å². The lowest BCUT2D eigenvalue weighted by Gasteiger charge is -2.21. The van der Waals surface area contributed by atoms with E-state index in [1.54, 1.807) is 0 Å². The van der Waals surface area contributed by atoms with Gasteiger partial charge in [-0.15, -0.1) is 0 Å². The van der Waals surface area contributed by atoms with E-state index in [4.69, 9.17) is 5.73 Å². The summed E-state index contributed by atoms with van der Waals surface area (Å²) in [5, 5.41) is 12.0. The van der Waals surface area contributed by atoms with Gasteiger partial charge in [0.25, 0.3) is 5.91 Å². The van der Waals surface area contributed by atoms with E-state index >= 15 is 0 Å². The Balaban J connectivity index is 2.02. The molecule has 7 heteroatoms. The summed E-state index contributed by atoms with van der Waals surface area (Å²) < 4.78 is 0. The molecular weight excluding hydrogens is 222 g/mol. The van der Waals surface area contributed by atoms with Gasteiger partial charge in [-0.25, -0.2) is 0 Å². The molecule has 0 saturated carbocycles. The molecule has 1 aliphatic heterocycles. The number of aromatic amines is 1. The van der Waals surface area contributed by atoms with Crippen molar-refractivity contribution in [2.24, 2.45) is 11.7 Å². The Labute approximate surface area is 98.1 Å². The van der Waals surface area contributed by atoms with Crippen molar-refractivity contribution in [1.82, 2.24) is 15.5 Å². The van der Waals surface area contributed by atoms with Crippen LogP contribution in [-0.2, 0) is 4.79 Å². The summed E-state index contributed by atoms with van der Waals surface area (Å²) in [5.41, 5.74) is 5.35. The fraction of sp³-hybridized carbons (Fsp3) is 0.500. The van der Waals surface area contributed by atoms with Crippen molar-refractivity contribution in [1.29, 1.82) is 0 Å². The van der Waals surface area contributed by atoms with Crippen LogP contribution in [0.25, 0.3) is 0 Å². The van der Waals surface area contributed by atoms with Gasteiger partial charge in [0.1, 0.15) is 11.4 Å². The monoisotopic (exact) mass is 237 g/mol. The van der Waals surface area contributed by atoms with Crippen molar-refractivity contribution in [3.8, 4) is 0 Å². The Morgan fingerprint density at radius 2 is 2.35 bits per heavy atom. The minimum absolute atomic E-state index is 0.0761. The van der Waals surface area contributed by atoms with Crippen LogP contribution < -0.4 is 16.4 Å². The summed E-state index contributed by atoms with van der Waals surface area (Å²) in [4.78, 5) is 22.9. The Hall–Kier alpha value is -1.89. The molecule has 0 radical (unpaired) electrons. The predicted octanol–water partition coefficient (Wildman–Crippen LogP) is -0.553. The van der Waals surface area contributed by atoms with E-state index in [0.717, 1.165) is 19.4 Å². The van der Waals surface area contributed by atoms with E-state index in [9.17, 15) is 9.59 Å². The van der Waals surface area contributed by atoms with Gasteiger partial charge in [0.15, 0.2) is 0 Å². The van der Waals surface area contributed by atoms with Crippen LogP contribution in [0.3, 0.4) is 0 Å². The maximum atomic E-state index is 11.9. The van der Waals surface area contributed by atoms with Gasteiger partial charge in [0.05, 0.1) is 12.1 Å². The molecule has 0 aliphatic carbocycles. The van der Waals surface area contributed by atoms with E-state index in [1.807, 2.05) is 0 Å². The highest BCUT2D eigenvalue weighted by atomic mass is 16.2. The number of hydrogen-bond acceptors (Lipinski definition) is 4. The van der Waals surface area contributed by atoms with Crippen LogP contribution in [0.4, 0.5) is 5.82 Å². The molecule has 2 heterocycles. The number of nitrogens with one attached hydrogen (secondary N) is 3. The first-order valence-corrected chi connectivity index (χ1v) is 5.53. The quantitative estimate of drug-likeness (QED) is 0.564. The van der Waals surface area contributed by atoms with Crippen LogP contribution >= 0.6 is 0 Å². The Bertz CT molecular complexity index is 422. The molecule has 7 nitrogen and oxygen atoms in total. The third-order valence-electron chi connectivity index (χ3n) is 2.82. The number of nitrogens with two attached hydrogens (primary N) is 1. The second kappa shape index (κ2) is 4.96. The molecule has 0 spiro atoms. The summed E-state index contributed by atoms with van der Waals surface area (Å²) in [6, 6.07) is 0. The van der Waals surface area contributed by atoms with Gasteiger partial charge in [0, 0.05) is 6.54 Å². The number of carbonyl (C=O) groups is 2. The first-order valence-electron chi connectivity index (χ1n) is 5.53. The first-order chi connectivity index (χ1) is 8.18. The smallest absolute Gasteiger partial charge is 0.254 e. The number of carbonyl (C=O) groups excluding carboxylic acids is 2. The standard InChI is InChI=1S/C10H15N5O2/c11-8(16)7-5-13-15-9(7)14-10(17)6-2-1-3-12-4-6/h5-6,12H,1-4H2,(H2,11,16)(H2,13,14,15,17). The molecule has 2 rings (SSSR count). The summed E-state index contributed by atoms with van der Waals surface area (Å²) >= 11 is 0. The zero-order valence-electron chi connectivity index (χ0n) is 9.32. The highest BCUT2D eigenvalue weighted by Crippen LogP contribution is 2.15. The molecule has 5 N–H and O–H groups in total. The SMILES string of the molecule is NC(=O)c1cn[nH]c1NC(=O)C1CCCNC1. The number of piperidine rings is 1. The molecule has 2 amide bonds. The number of anilines is 1. The third-order valence-corrected chi connectivity index (χ3v) is 2.82.